The molecule has 0 bridgehead atoms. The van der Waals surface area contributed by atoms with Crippen molar-refractivity contribution < 1.29 is 13.2 Å². The molecule has 0 amide bonds. The number of halogens is 3. The Morgan fingerprint density at radius 2 is 2.00 bits per heavy atom. The Morgan fingerprint density at radius 1 is 1.14 bits per heavy atom. The van der Waals surface area contributed by atoms with Crippen LogP contribution in [0.25, 0.3) is 31.5 Å². The lowest BCUT2D eigenvalue weighted by Gasteiger charge is -2.11. The van der Waals surface area contributed by atoms with Crippen LogP contribution in [-0.4, -0.2) is 19.7 Å². The molecule has 0 unspecified atom stereocenters. The molecule has 4 aromatic heterocycles. The van der Waals surface area contributed by atoms with Gasteiger partial charge in [0.1, 0.15) is 10.7 Å². The smallest absolute Gasteiger partial charge is 0.310 e. The van der Waals surface area contributed by atoms with Crippen LogP contribution in [-0.2, 0) is 19.1 Å². The van der Waals surface area contributed by atoms with Crippen LogP contribution in [0.3, 0.4) is 0 Å². The Kier molecular flexibility index (Phi) is 4.47. The molecule has 1 aliphatic heterocycles. The third-order valence-electron chi connectivity index (χ3n) is 5.29. The van der Waals surface area contributed by atoms with Crippen LogP contribution >= 0.6 is 22.7 Å². The summed E-state index contributed by atoms with van der Waals surface area (Å²) < 4.78 is 43.9. The first-order valence-corrected chi connectivity index (χ1v) is 11.1. The minimum atomic E-state index is -4.46. The van der Waals surface area contributed by atoms with E-state index >= 15 is 0 Å². The Labute approximate surface area is 173 Å². The predicted molar refractivity (Wildman–Crippen MR) is 109 cm³/mol. The van der Waals surface area contributed by atoms with Gasteiger partial charge < -0.3 is 4.57 Å². The van der Waals surface area contributed by atoms with Gasteiger partial charge in [0.25, 0.3) is 0 Å². The maximum atomic E-state index is 13.9. The minimum absolute atomic E-state index is 0.170. The van der Waals surface area contributed by atoms with Crippen LogP contribution in [0.4, 0.5) is 13.2 Å². The van der Waals surface area contributed by atoms with E-state index in [1.54, 1.807) is 13.0 Å². The summed E-state index contributed by atoms with van der Waals surface area (Å²) in [5, 5.41) is 10.7. The monoisotopic (exact) mass is 434 g/mol. The third kappa shape index (κ3) is 3.16. The summed E-state index contributed by atoms with van der Waals surface area (Å²) in [6.45, 7) is 2.53. The zero-order valence-corrected chi connectivity index (χ0v) is 17.2. The zero-order valence-electron chi connectivity index (χ0n) is 15.6. The van der Waals surface area contributed by atoms with Crippen LogP contribution in [0.2, 0.25) is 0 Å². The molecule has 0 radical (unpaired) electrons. The molecule has 0 aliphatic carbocycles. The van der Waals surface area contributed by atoms with E-state index < -0.39 is 11.7 Å². The summed E-state index contributed by atoms with van der Waals surface area (Å²) in [5.74, 6) is 1.57. The fourth-order valence-electron chi connectivity index (χ4n) is 3.89. The van der Waals surface area contributed by atoms with Gasteiger partial charge in [-0.3, -0.25) is 0 Å². The first-order valence-electron chi connectivity index (χ1n) is 9.41. The molecular formula is C20H17F3N4S2. The highest BCUT2D eigenvalue weighted by Crippen LogP contribution is 2.45. The van der Waals surface area contributed by atoms with Gasteiger partial charge in [0.05, 0.1) is 21.0 Å². The van der Waals surface area contributed by atoms with Crippen LogP contribution in [0, 0.1) is 6.92 Å². The fraction of sp³-hybridized carbons (Fsp3) is 0.350. The van der Waals surface area contributed by atoms with E-state index in [1.807, 2.05) is 11.4 Å². The molecule has 4 nitrogen and oxygen atoms in total. The molecular weight excluding hydrogens is 417 g/mol. The Morgan fingerprint density at radius 3 is 2.76 bits per heavy atom. The van der Waals surface area contributed by atoms with E-state index in [2.05, 4.69) is 19.7 Å². The number of hydrogen-bond donors (Lipinski definition) is 0. The third-order valence-corrected chi connectivity index (χ3v) is 7.37. The Hall–Kier alpha value is -2.26. The lowest BCUT2D eigenvalue weighted by molar-refractivity contribution is -0.136. The molecule has 4 aromatic rings. The number of thiophene rings is 2. The second-order valence-corrected chi connectivity index (χ2v) is 9.12. The van der Waals surface area contributed by atoms with E-state index in [0.29, 0.717) is 21.9 Å². The summed E-state index contributed by atoms with van der Waals surface area (Å²) in [4.78, 5) is 6.42. The second-order valence-electron chi connectivity index (χ2n) is 7.17. The van der Waals surface area contributed by atoms with Crippen LogP contribution in [0.15, 0.2) is 23.6 Å². The van der Waals surface area contributed by atoms with Crippen molar-refractivity contribution in [1.82, 2.24) is 19.7 Å². The van der Waals surface area contributed by atoms with Gasteiger partial charge in [-0.1, -0.05) is 12.5 Å². The van der Waals surface area contributed by atoms with Gasteiger partial charge in [-0.05, 0) is 42.8 Å². The van der Waals surface area contributed by atoms with Crippen molar-refractivity contribution in [2.24, 2.45) is 0 Å². The van der Waals surface area contributed by atoms with Crippen molar-refractivity contribution in [2.75, 3.05) is 0 Å². The highest BCUT2D eigenvalue weighted by atomic mass is 32.1. The number of aryl methyl sites for hydroxylation is 2. The molecule has 1 aliphatic rings. The Balaban J connectivity index is 1.75. The fourth-order valence-corrected chi connectivity index (χ4v) is 5.77. The van der Waals surface area contributed by atoms with Crippen LogP contribution in [0.1, 0.15) is 36.2 Å². The molecule has 0 N–H and O–H groups in total. The maximum Gasteiger partial charge on any atom is 0.417 e. The molecule has 0 saturated carbocycles. The molecule has 150 valence electrons. The lowest BCUT2D eigenvalue weighted by Crippen LogP contribution is -2.07. The van der Waals surface area contributed by atoms with E-state index in [9.17, 15) is 13.2 Å². The number of rotatable bonds is 2. The number of hydrogen-bond acceptors (Lipinski definition) is 5. The van der Waals surface area contributed by atoms with Crippen molar-refractivity contribution in [3.63, 3.8) is 0 Å². The van der Waals surface area contributed by atoms with Crippen LogP contribution in [0.5, 0.6) is 0 Å². The number of nitrogens with zero attached hydrogens (tertiary/aromatic N) is 4. The van der Waals surface area contributed by atoms with Crippen LogP contribution < -0.4 is 0 Å². The second kappa shape index (κ2) is 6.91. The SMILES string of the molecule is Cc1c(-c2nnc3n2CCCCC3)sc2nc(-c3cccs3)cc(C(F)(F)F)c12. The lowest BCUT2D eigenvalue weighted by atomic mass is 10.1. The molecule has 9 heteroatoms. The maximum absolute atomic E-state index is 13.9. The average Bonchev–Trinajstić information content (AvgIpc) is 3.37. The highest BCUT2D eigenvalue weighted by Gasteiger charge is 2.36. The largest absolute Gasteiger partial charge is 0.417 e. The summed E-state index contributed by atoms with van der Waals surface area (Å²) >= 11 is 2.66. The minimum Gasteiger partial charge on any atom is -0.310 e. The molecule has 0 saturated heterocycles. The number of aromatic nitrogens is 4. The molecule has 5 heterocycles. The first-order chi connectivity index (χ1) is 13.9. The van der Waals surface area contributed by atoms with Gasteiger partial charge >= 0.3 is 6.18 Å². The molecule has 29 heavy (non-hydrogen) atoms. The van der Waals surface area contributed by atoms with Gasteiger partial charge in [-0.15, -0.1) is 32.9 Å². The van der Waals surface area contributed by atoms with Crippen molar-refractivity contribution >= 4 is 32.9 Å². The Bertz CT molecular complexity index is 1190. The molecule has 0 aromatic carbocycles. The van der Waals surface area contributed by atoms with Gasteiger partial charge in [-0.25, -0.2) is 4.98 Å². The highest BCUT2D eigenvalue weighted by molar-refractivity contribution is 7.22. The molecule has 0 atom stereocenters. The van der Waals surface area contributed by atoms with E-state index in [1.165, 1.54) is 28.7 Å². The summed E-state index contributed by atoms with van der Waals surface area (Å²) in [5.41, 5.74) is 0.288. The van der Waals surface area contributed by atoms with Gasteiger partial charge in [-0.2, -0.15) is 13.2 Å². The van der Waals surface area contributed by atoms with Crippen molar-refractivity contribution in [1.29, 1.82) is 0 Å². The number of fused-ring (bicyclic) bond motifs is 2. The van der Waals surface area contributed by atoms with E-state index in [4.69, 9.17) is 0 Å². The molecule has 0 spiro atoms. The topological polar surface area (TPSA) is 43.6 Å². The van der Waals surface area contributed by atoms with Gasteiger partial charge in [0.15, 0.2) is 5.82 Å². The standard InChI is InChI=1S/C20H17F3N4S2/c1-11-16-12(20(21,22)23)10-13(14-6-5-9-28-14)24-19(16)29-17(11)18-26-25-15-7-3-2-4-8-27(15)18/h5-6,9-10H,2-4,7-8H2,1H3. The first kappa shape index (κ1) is 18.7. The summed E-state index contributed by atoms with van der Waals surface area (Å²) in [6.07, 6.45) is -0.397. The average molecular weight is 435 g/mol. The normalized spacial score (nSPS) is 14.9. The predicted octanol–water partition coefficient (Wildman–Crippen LogP) is 6.34. The van der Waals surface area contributed by atoms with Crippen molar-refractivity contribution in [3.05, 3.63) is 40.5 Å². The number of pyridine rings is 1. The quantitative estimate of drug-likeness (QED) is 0.370. The van der Waals surface area contributed by atoms with E-state index in [-0.39, 0.29) is 5.39 Å². The summed E-state index contributed by atoms with van der Waals surface area (Å²) in [7, 11) is 0. The van der Waals surface area contributed by atoms with Gasteiger partial charge in [0, 0.05) is 18.4 Å². The zero-order chi connectivity index (χ0) is 20.2. The molecule has 0 fully saturated rings. The van der Waals surface area contributed by atoms with E-state index in [0.717, 1.165) is 47.8 Å². The van der Waals surface area contributed by atoms with Gasteiger partial charge in [0.2, 0.25) is 0 Å². The van der Waals surface area contributed by atoms with Crippen molar-refractivity contribution in [2.45, 2.75) is 45.3 Å². The van der Waals surface area contributed by atoms with Crippen molar-refractivity contribution in [3.8, 4) is 21.3 Å². The molecule has 5 rings (SSSR count). The summed E-state index contributed by atoms with van der Waals surface area (Å²) in [6, 6.07) is 4.77. The number of alkyl halides is 3.